The number of nitrogens with two attached hydrogens (primary N) is 1. The Kier molecular flexibility index (Phi) is 4.24. The van der Waals surface area contributed by atoms with Gasteiger partial charge in [0, 0.05) is 5.69 Å². The largest absolute Gasteiger partial charge is 0.445 e. The molecule has 3 N–H and O–H groups in total. The Morgan fingerprint density at radius 2 is 1.95 bits per heavy atom. The zero-order chi connectivity index (χ0) is 14.9. The van der Waals surface area contributed by atoms with Crippen LogP contribution >= 0.6 is 23.2 Å². The quantitative estimate of drug-likeness (QED) is 0.835. The molecule has 108 valence electrons. The van der Waals surface area contributed by atoms with E-state index < -0.39 is 10.0 Å². The van der Waals surface area contributed by atoms with Gasteiger partial charge in [-0.1, -0.05) is 23.2 Å². The van der Waals surface area contributed by atoms with Crippen molar-refractivity contribution >= 4 is 38.9 Å². The van der Waals surface area contributed by atoms with Crippen LogP contribution in [0.1, 0.15) is 11.7 Å². The number of aryl methyl sites for hydroxylation is 1. The highest BCUT2D eigenvalue weighted by atomic mass is 35.5. The van der Waals surface area contributed by atoms with E-state index in [0.29, 0.717) is 5.76 Å². The van der Waals surface area contributed by atoms with Gasteiger partial charge in [-0.2, -0.15) is 0 Å². The molecule has 6 nitrogen and oxygen atoms in total. The van der Waals surface area contributed by atoms with Crippen LogP contribution < -0.4 is 10.5 Å². The first-order valence-corrected chi connectivity index (χ1v) is 7.69. The van der Waals surface area contributed by atoms with Gasteiger partial charge in [0.15, 0.2) is 0 Å². The Labute approximate surface area is 125 Å². The van der Waals surface area contributed by atoms with Crippen molar-refractivity contribution in [2.45, 2.75) is 18.4 Å². The van der Waals surface area contributed by atoms with Crippen LogP contribution in [0.3, 0.4) is 0 Å². The number of oxazole rings is 1. The summed E-state index contributed by atoms with van der Waals surface area (Å²) < 4.78 is 31.8. The fourth-order valence-electron chi connectivity index (χ4n) is 1.55. The molecule has 20 heavy (non-hydrogen) atoms. The molecule has 0 spiro atoms. The number of nitrogens with zero attached hydrogens (tertiary/aromatic N) is 1. The van der Waals surface area contributed by atoms with E-state index in [2.05, 4.69) is 9.71 Å². The second-order valence-corrected chi connectivity index (χ2v) is 6.52. The topological polar surface area (TPSA) is 98.2 Å². The predicted octanol–water partition coefficient (Wildman–Crippen LogP) is 2.35. The van der Waals surface area contributed by atoms with Gasteiger partial charge in [-0.05, 0) is 19.1 Å². The number of benzene rings is 1. The number of halogens is 2. The molecule has 0 atom stereocenters. The number of hydrogen-bond acceptors (Lipinski definition) is 5. The maximum Gasteiger partial charge on any atom is 0.244 e. The van der Waals surface area contributed by atoms with Gasteiger partial charge in [-0.3, -0.25) is 0 Å². The molecule has 0 aliphatic rings. The van der Waals surface area contributed by atoms with Gasteiger partial charge < -0.3 is 10.2 Å². The number of hydrogen-bond donors (Lipinski definition) is 2. The van der Waals surface area contributed by atoms with Crippen molar-refractivity contribution in [1.82, 2.24) is 9.71 Å². The number of rotatable bonds is 4. The SMILES string of the molecule is Cc1cnc(CNS(=O)(=O)c2c(Cl)cc(N)cc2Cl)o1. The van der Waals surface area contributed by atoms with E-state index >= 15 is 0 Å². The van der Waals surface area contributed by atoms with E-state index in [4.69, 9.17) is 33.4 Å². The normalized spacial score (nSPS) is 11.8. The lowest BCUT2D eigenvalue weighted by Crippen LogP contribution is -2.24. The minimum atomic E-state index is -3.90. The summed E-state index contributed by atoms with van der Waals surface area (Å²) in [4.78, 5) is 3.67. The van der Waals surface area contributed by atoms with Crippen molar-refractivity contribution in [1.29, 1.82) is 0 Å². The van der Waals surface area contributed by atoms with Crippen molar-refractivity contribution in [2.24, 2.45) is 0 Å². The number of aromatic nitrogens is 1. The molecule has 0 aliphatic carbocycles. The number of sulfonamides is 1. The molecule has 1 aromatic carbocycles. The molecule has 0 bridgehead atoms. The number of anilines is 1. The maximum atomic E-state index is 12.2. The lowest BCUT2D eigenvalue weighted by molar-refractivity contribution is 0.463. The summed E-state index contributed by atoms with van der Waals surface area (Å²) in [5.74, 6) is 0.830. The third-order valence-electron chi connectivity index (χ3n) is 2.37. The minimum Gasteiger partial charge on any atom is -0.445 e. The van der Waals surface area contributed by atoms with Crippen LogP contribution in [0.15, 0.2) is 27.6 Å². The van der Waals surface area contributed by atoms with E-state index in [1.165, 1.54) is 18.3 Å². The Bertz CT molecular complexity index is 720. The van der Waals surface area contributed by atoms with Gasteiger partial charge in [0.1, 0.15) is 10.7 Å². The van der Waals surface area contributed by atoms with Crippen LogP contribution in [0.5, 0.6) is 0 Å². The summed E-state index contributed by atoms with van der Waals surface area (Å²) in [6.07, 6.45) is 1.49. The molecular formula is C11H11Cl2N3O3S. The molecule has 0 amide bonds. The monoisotopic (exact) mass is 335 g/mol. The maximum absolute atomic E-state index is 12.2. The van der Waals surface area contributed by atoms with Crippen LogP contribution in [0.25, 0.3) is 0 Å². The average molecular weight is 336 g/mol. The van der Waals surface area contributed by atoms with Gasteiger partial charge in [-0.15, -0.1) is 0 Å². The predicted molar refractivity (Wildman–Crippen MR) is 76.1 cm³/mol. The van der Waals surface area contributed by atoms with Crippen LogP contribution in [0, 0.1) is 6.92 Å². The van der Waals surface area contributed by atoms with Crippen molar-refractivity contribution < 1.29 is 12.8 Å². The minimum absolute atomic E-state index is 0.0499. The fraction of sp³-hybridized carbons (Fsp3) is 0.182. The van der Waals surface area contributed by atoms with Crippen molar-refractivity contribution in [3.63, 3.8) is 0 Å². The Morgan fingerprint density at radius 1 is 1.35 bits per heavy atom. The average Bonchev–Trinajstić information content (AvgIpc) is 2.71. The number of nitrogens with one attached hydrogen (secondary N) is 1. The van der Waals surface area contributed by atoms with Crippen LogP contribution in [-0.4, -0.2) is 13.4 Å². The second-order valence-electron chi connectivity index (χ2n) is 4.00. The molecular weight excluding hydrogens is 325 g/mol. The highest BCUT2D eigenvalue weighted by Crippen LogP contribution is 2.31. The Balaban J connectivity index is 2.27. The summed E-state index contributed by atoms with van der Waals surface area (Å²) in [5.41, 5.74) is 5.81. The van der Waals surface area contributed by atoms with Gasteiger partial charge in [0.05, 0.1) is 22.8 Å². The molecule has 0 radical (unpaired) electrons. The zero-order valence-corrected chi connectivity index (χ0v) is 12.7. The number of nitrogen functional groups attached to an aromatic ring is 1. The van der Waals surface area contributed by atoms with Crippen LogP contribution in [0.4, 0.5) is 5.69 Å². The zero-order valence-electron chi connectivity index (χ0n) is 10.4. The van der Waals surface area contributed by atoms with E-state index in [0.717, 1.165) is 0 Å². The summed E-state index contributed by atoms with van der Waals surface area (Å²) in [7, 11) is -3.90. The highest BCUT2D eigenvalue weighted by molar-refractivity contribution is 7.89. The summed E-state index contributed by atoms with van der Waals surface area (Å²) in [5, 5.41) is -0.0998. The van der Waals surface area contributed by atoms with E-state index in [1.54, 1.807) is 6.92 Å². The van der Waals surface area contributed by atoms with Gasteiger partial charge >= 0.3 is 0 Å². The molecule has 9 heteroatoms. The molecule has 0 aliphatic heterocycles. The van der Waals surface area contributed by atoms with Crippen molar-refractivity contribution in [3.8, 4) is 0 Å². The third-order valence-corrected chi connectivity index (χ3v) is 4.69. The van der Waals surface area contributed by atoms with Gasteiger partial charge in [0.2, 0.25) is 15.9 Å². The van der Waals surface area contributed by atoms with Crippen LogP contribution in [0.2, 0.25) is 10.0 Å². The summed E-state index contributed by atoms with van der Waals surface area (Å²) >= 11 is 11.8. The van der Waals surface area contributed by atoms with Crippen molar-refractivity contribution in [3.05, 3.63) is 40.0 Å². The van der Waals surface area contributed by atoms with E-state index in [9.17, 15) is 8.42 Å². The van der Waals surface area contributed by atoms with Crippen LogP contribution in [-0.2, 0) is 16.6 Å². The first-order chi connectivity index (χ1) is 9.29. The molecule has 0 fully saturated rings. The molecule has 2 aromatic rings. The lowest BCUT2D eigenvalue weighted by atomic mass is 10.3. The Morgan fingerprint density at radius 3 is 2.45 bits per heavy atom. The molecule has 0 unspecified atom stereocenters. The first-order valence-electron chi connectivity index (χ1n) is 5.45. The molecule has 2 rings (SSSR count). The molecule has 1 aromatic heterocycles. The van der Waals surface area contributed by atoms with E-state index in [1.807, 2.05) is 0 Å². The molecule has 1 heterocycles. The van der Waals surface area contributed by atoms with Crippen molar-refractivity contribution in [2.75, 3.05) is 5.73 Å². The molecule has 0 saturated carbocycles. The molecule has 0 saturated heterocycles. The fourth-order valence-corrected chi connectivity index (χ4v) is 3.75. The smallest absolute Gasteiger partial charge is 0.244 e. The lowest BCUT2D eigenvalue weighted by Gasteiger charge is -2.09. The van der Waals surface area contributed by atoms with E-state index in [-0.39, 0.29) is 33.1 Å². The summed E-state index contributed by atoms with van der Waals surface area (Å²) in [6.45, 7) is 1.60. The standard InChI is InChI=1S/C11H11Cl2N3O3S/c1-6-4-15-10(19-6)5-16-20(17,18)11-8(12)2-7(14)3-9(11)13/h2-4,16H,5,14H2,1H3. The first kappa shape index (κ1) is 15.1. The highest BCUT2D eigenvalue weighted by Gasteiger charge is 2.22. The summed E-state index contributed by atoms with van der Waals surface area (Å²) in [6, 6.07) is 2.63. The third kappa shape index (κ3) is 3.24. The van der Waals surface area contributed by atoms with Gasteiger partial charge in [-0.25, -0.2) is 18.1 Å². The Hall–Kier alpha value is -1.28. The van der Waals surface area contributed by atoms with Gasteiger partial charge in [0.25, 0.3) is 0 Å². The second kappa shape index (κ2) is 5.61.